The van der Waals surface area contributed by atoms with E-state index in [1.807, 2.05) is 4.90 Å². The Hall–Kier alpha value is -1.70. The number of pyridine rings is 1. The van der Waals surface area contributed by atoms with Crippen molar-refractivity contribution in [1.29, 1.82) is 0 Å². The fraction of sp³-hybridized carbons (Fsp3) is 0.667. The number of halogens is 1. The molecule has 0 aromatic carbocycles. The minimum atomic E-state index is -0.0128. The second-order valence-electron chi connectivity index (χ2n) is 7.84. The number of nitrogens with one attached hydrogen (secondary N) is 1. The van der Waals surface area contributed by atoms with Crippen molar-refractivity contribution in [2.45, 2.75) is 26.2 Å². The van der Waals surface area contributed by atoms with Crippen LogP contribution in [-0.4, -0.2) is 79.1 Å². The molecule has 160 valence electrons. The Balaban J connectivity index is 1.45. The highest BCUT2D eigenvalue weighted by atomic mass is 35.5. The average molecular weight is 423 g/mol. The Morgan fingerprint density at radius 3 is 2.79 bits per heavy atom. The fourth-order valence-electron chi connectivity index (χ4n) is 4.20. The van der Waals surface area contributed by atoms with Gasteiger partial charge in [-0.3, -0.25) is 14.5 Å². The van der Waals surface area contributed by atoms with Crippen molar-refractivity contribution in [2.75, 3.05) is 52.5 Å². The van der Waals surface area contributed by atoms with Gasteiger partial charge in [0.2, 0.25) is 5.91 Å². The SMILES string of the molecule is CCC1CN(C(=O)c2ccnc(Cl)c2)CCC1CC(=O)NCCN1CCOCC1. The number of nitrogens with zero attached hydrogens (tertiary/aromatic N) is 3. The third-order valence-corrected chi connectivity index (χ3v) is 6.18. The van der Waals surface area contributed by atoms with Gasteiger partial charge in [0.1, 0.15) is 5.15 Å². The molecule has 2 fully saturated rings. The van der Waals surface area contributed by atoms with E-state index in [0.717, 1.165) is 45.7 Å². The standard InChI is InChI=1S/C21H31ClN4O3/c1-2-16-15-26(21(28)18-3-5-23-19(22)13-18)7-4-17(16)14-20(27)24-6-8-25-9-11-29-12-10-25/h3,5,13,16-17H,2,4,6-12,14-15H2,1H3,(H,24,27). The molecule has 1 aromatic rings. The van der Waals surface area contributed by atoms with Gasteiger partial charge in [-0.25, -0.2) is 4.98 Å². The highest BCUT2D eigenvalue weighted by Crippen LogP contribution is 2.30. The molecule has 2 saturated heterocycles. The van der Waals surface area contributed by atoms with Crippen molar-refractivity contribution in [2.24, 2.45) is 11.8 Å². The van der Waals surface area contributed by atoms with Gasteiger partial charge in [-0.1, -0.05) is 24.9 Å². The molecule has 3 rings (SSSR count). The second kappa shape index (κ2) is 10.9. The summed E-state index contributed by atoms with van der Waals surface area (Å²) in [6, 6.07) is 3.31. The van der Waals surface area contributed by atoms with Gasteiger partial charge in [0.25, 0.3) is 5.91 Å². The van der Waals surface area contributed by atoms with Crippen LogP contribution >= 0.6 is 11.6 Å². The van der Waals surface area contributed by atoms with Gasteiger partial charge in [0, 0.05) is 57.4 Å². The number of morpholine rings is 1. The molecule has 0 spiro atoms. The van der Waals surface area contributed by atoms with Crippen LogP contribution in [-0.2, 0) is 9.53 Å². The van der Waals surface area contributed by atoms with Crippen molar-refractivity contribution in [3.8, 4) is 0 Å². The Morgan fingerprint density at radius 1 is 1.28 bits per heavy atom. The molecular weight excluding hydrogens is 392 g/mol. The first-order chi connectivity index (χ1) is 14.1. The van der Waals surface area contributed by atoms with E-state index in [2.05, 4.69) is 22.1 Å². The minimum Gasteiger partial charge on any atom is -0.379 e. The summed E-state index contributed by atoms with van der Waals surface area (Å²) < 4.78 is 5.34. The number of rotatable bonds is 7. The molecule has 2 unspecified atom stereocenters. The maximum atomic E-state index is 12.8. The lowest BCUT2D eigenvalue weighted by atomic mass is 9.81. The predicted molar refractivity (Wildman–Crippen MR) is 112 cm³/mol. The van der Waals surface area contributed by atoms with Crippen LogP contribution in [0.3, 0.4) is 0 Å². The van der Waals surface area contributed by atoms with Gasteiger partial charge in [-0.15, -0.1) is 0 Å². The third-order valence-electron chi connectivity index (χ3n) is 5.98. The van der Waals surface area contributed by atoms with Crippen LogP contribution in [0.4, 0.5) is 0 Å². The van der Waals surface area contributed by atoms with Gasteiger partial charge in [0.05, 0.1) is 13.2 Å². The Kier molecular flexibility index (Phi) is 8.27. The van der Waals surface area contributed by atoms with E-state index in [1.165, 1.54) is 0 Å². The molecular formula is C21H31ClN4O3. The normalized spacial score (nSPS) is 23.0. The van der Waals surface area contributed by atoms with Crippen LogP contribution in [0.25, 0.3) is 0 Å². The largest absolute Gasteiger partial charge is 0.379 e. The monoisotopic (exact) mass is 422 g/mol. The molecule has 0 bridgehead atoms. The summed E-state index contributed by atoms with van der Waals surface area (Å²) in [5.41, 5.74) is 0.569. The van der Waals surface area contributed by atoms with Crippen molar-refractivity contribution in [1.82, 2.24) is 20.1 Å². The number of hydrogen-bond donors (Lipinski definition) is 1. The van der Waals surface area contributed by atoms with Gasteiger partial charge in [-0.05, 0) is 30.4 Å². The number of aromatic nitrogens is 1. The molecule has 8 heteroatoms. The van der Waals surface area contributed by atoms with E-state index in [1.54, 1.807) is 18.3 Å². The summed E-state index contributed by atoms with van der Waals surface area (Å²) in [4.78, 5) is 33.3. The van der Waals surface area contributed by atoms with E-state index in [9.17, 15) is 9.59 Å². The lowest BCUT2D eigenvalue weighted by Gasteiger charge is -2.38. The summed E-state index contributed by atoms with van der Waals surface area (Å²) in [5, 5.41) is 3.39. The first kappa shape index (κ1) is 22.0. The van der Waals surface area contributed by atoms with Crippen LogP contribution in [0.5, 0.6) is 0 Å². The number of ether oxygens (including phenoxy) is 1. The quantitative estimate of drug-likeness (QED) is 0.681. The Bertz CT molecular complexity index is 696. The van der Waals surface area contributed by atoms with Crippen molar-refractivity contribution in [3.63, 3.8) is 0 Å². The van der Waals surface area contributed by atoms with Crippen LogP contribution in [0.2, 0.25) is 5.15 Å². The molecule has 2 atom stereocenters. The third kappa shape index (κ3) is 6.39. The van der Waals surface area contributed by atoms with Crippen LogP contribution in [0.15, 0.2) is 18.3 Å². The number of carbonyl (C=O) groups is 2. The molecule has 2 amide bonds. The molecule has 1 aromatic heterocycles. The summed E-state index contributed by atoms with van der Waals surface area (Å²) >= 11 is 5.92. The highest BCUT2D eigenvalue weighted by molar-refractivity contribution is 6.29. The van der Waals surface area contributed by atoms with Gasteiger partial charge < -0.3 is 15.0 Å². The zero-order valence-electron chi connectivity index (χ0n) is 17.1. The van der Waals surface area contributed by atoms with Crippen LogP contribution in [0.1, 0.15) is 36.5 Å². The maximum absolute atomic E-state index is 12.8. The summed E-state index contributed by atoms with van der Waals surface area (Å²) in [6.07, 6.45) is 3.89. The maximum Gasteiger partial charge on any atom is 0.254 e. The summed E-state index contributed by atoms with van der Waals surface area (Å²) in [6.45, 7) is 8.44. The number of amides is 2. The Morgan fingerprint density at radius 2 is 2.07 bits per heavy atom. The predicted octanol–water partition coefficient (Wildman–Crippen LogP) is 2.06. The molecule has 3 heterocycles. The molecule has 0 saturated carbocycles. The molecule has 2 aliphatic rings. The molecule has 0 radical (unpaired) electrons. The Labute approximate surface area is 177 Å². The molecule has 0 aliphatic carbocycles. The number of hydrogen-bond acceptors (Lipinski definition) is 5. The average Bonchev–Trinajstić information content (AvgIpc) is 2.74. The van der Waals surface area contributed by atoms with Crippen molar-refractivity contribution < 1.29 is 14.3 Å². The van der Waals surface area contributed by atoms with Gasteiger partial charge >= 0.3 is 0 Å². The highest BCUT2D eigenvalue weighted by Gasteiger charge is 2.32. The van der Waals surface area contributed by atoms with Gasteiger partial charge in [-0.2, -0.15) is 0 Å². The number of carbonyl (C=O) groups excluding carboxylic acids is 2. The van der Waals surface area contributed by atoms with E-state index < -0.39 is 0 Å². The molecule has 2 aliphatic heterocycles. The van der Waals surface area contributed by atoms with Gasteiger partial charge in [0.15, 0.2) is 0 Å². The number of likely N-dealkylation sites (tertiary alicyclic amines) is 1. The zero-order chi connectivity index (χ0) is 20.6. The van der Waals surface area contributed by atoms with E-state index in [-0.39, 0.29) is 11.8 Å². The second-order valence-corrected chi connectivity index (χ2v) is 8.23. The summed E-state index contributed by atoms with van der Waals surface area (Å²) in [5.74, 6) is 0.743. The summed E-state index contributed by atoms with van der Waals surface area (Å²) in [7, 11) is 0. The van der Waals surface area contributed by atoms with Crippen LogP contribution in [0, 0.1) is 11.8 Å². The first-order valence-electron chi connectivity index (χ1n) is 10.5. The van der Waals surface area contributed by atoms with E-state index in [0.29, 0.717) is 48.6 Å². The lowest BCUT2D eigenvalue weighted by Crippen LogP contribution is -2.45. The van der Waals surface area contributed by atoms with Crippen LogP contribution < -0.4 is 5.32 Å². The molecule has 7 nitrogen and oxygen atoms in total. The van der Waals surface area contributed by atoms with E-state index in [4.69, 9.17) is 16.3 Å². The molecule has 1 N–H and O–H groups in total. The first-order valence-corrected chi connectivity index (χ1v) is 10.9. The molecule has 29 heavy (non-hydrogen) atoms. The minimum absolute atomic E-state index is 0.0128. The number of piperidine rings is 1. The lowest BCUT2D eigenvalue weighted by molar-refractivity contribution is -0.122. The van der Waals surface area contributed by atoms with Crippen molar-refractivity contribution in [3.05, 3.63) is 29.0 Å². The van der Waals surface area contributed by atoms with E-state index >= 15 is 0 Å². The smallest absolute Gasteiger partial charge is 0.254 e. The van der Waals surface area contributed by atoms with Crippen molar-refractivity contribution >= 4 is 23.4 Å². The fourth-order valence-corrected chi connectivity index (χ4v) is 4.38. The topological polar surface area (TPSA) is 74.8 Å². The zero-order valence-corrected chi connectivity index (χ0v) is 17.9.